The zero-order chi connectivity index (χ0) is 19.7. The van der Waals surface area contributed by atoms with Gasteiger partial charge in [-0.15, -0.1) is 5.10 Å². The van der Waals surface area contributed by atoms with E-state index in [1.165, 1.54) is 4.68 Å². The first-order valence-electron chi connectivity index (χ1n) is 9.26. The smallest absolute Gasteiger partial charge is 0.276 e. The summed E-state index contributed by atoms with van der Waals surface area (Å²) in [5.41, 5.74) is 0.812. The molecule has 1 atom stereocenters. The van der Waals surface area contributed by atoms with Gasteiger partial charge in [0.2, 0.25) is 0 Å². The highest BCUT2D eigenvalue weighted by Gasteiger charge is 2.35. The molecule has 28 heavy (non-hydrogen) atoms. The average molecular weight is 382 g/mol. The molecule has 3 heterocycles. The molecule has 1 saturated heterocycles. The maximum atomic E-state index is 13.1. The molecule has 1 aliphatic heterocycles. The highest BCUT2D eigenvalue weighted by atomic mass is 16.5. The Bertz CT molecular complexity index is 1070. The molecule has 0 aliphatic carbocycles. The molecule has 1 fully saturated rings. The van der Waals surface area contributed by atoms with Gasteiger partial charge in [0.1, 0.15) is 5.82 Å². The van der Waals surface area contributed by atoms with Gasteiger partial charge in [0.15, 0.2) is 5.69 Å². The number of para-hydroxylation sites is 1. The lowest BCUT2D eigenvalue weighted by atomic mass is 10.1. The van der Waals surface area contributed by atoms with Crippen molar-refractivity contribution in [2.24, 2.45) is 7.05 Å². The summed E-state index contributed by atoms with van der Waals surface area (Å²) in [4.78, 5) is 32.6. The van der Waals surface area contributed by atoms with Crippen molar-refractivity contribution in [1.29, 1.82) is 0 Å². The Kier molecular flexibility index (Phi) is 4.91. The number of fused-ring (bicyclic) bond motifs is 1. The van der Waals surface area contributed by atoms with Crippen molar-refractivity contribution in [2.45, 2.75) is 25.4 Å². The normalized spacial score (nSPS) is 16.8. The quantitative estimate of drug-likeness (QED) is 0.657. The number of hydrogen-bond donors (Lipinski definition) is 0. The van der Waals surface area contributed by atoms with Gasteiger partial charge in [-0.3, -0.25) is 18.8 Å². The molecule has 4 rings (SSSR count). The minimum Gasteiger partial charge on any atom is -0.383 e. The van der Waals surface area contributed by atoms with E-state index in [1.807, 2.05) is 18.2 Å². The van der Waals surface area contributed by atoms with E-state index in [0.717, 1.165) is 12.8 Å². The largest absolute Gasteiger partial charge is 0.383 e. The van der Waals surface area contributed by atoms with Crippen LogP contribution in [-0.4, -0.2) is 55.6 Å². The third-order valence-corrected chi connectivity index (χ3v) is 5.04. The molecule has 1 unspecified atom stereocenters. The summed E-state index contributed by atoms with van der Waals surface area (Å²) in [5.74, 6) is 0.395. The highest BCUT2D eigenvalue weighted by molar-refractivity contribution is 5.92. The first-order chi connectivity index (χ1) is 13.6. The molecular formula is C19H22N6O3. The van der Waals surface area contributed by atoms with Crippen molar-refractivity contribution in [1.82, 2.24) is 29.4 Å². The minimum atomic E-state index is -0.288. The molecule has 1 aliphatic rings. The molecular weight excluding hydrogens is 360 g/mol. The maximum Gasteiger partial charge on any atom is 0.276 e. The fraction of sp³-hybridized carbons (Fsp3) is 0.421. The minimum absolute atomic E-state index is 0.114. The number of methoxy groups -OCH3 is 1. The molecule has 0 radical (unpaired) electrons. The third kappa shape index (κ3) is 3.18. The molecule has 9 nitrogen and oxygen atoms in total. The fourth-order valence-corrected chi connectivity index (χ4v) is 3.71. The van der Waals surface area contributed by atoms with Crippen molar-refractivity contribution in [3.8, 4) is 0 Å². The SMILES string of the molecule is COCCn1c(C2CCCN2C(=O)c2cn(C)nn2)nc2ccccc2c1=O. The molecule has 9 heteroatoms. The van der Waals surface area contributed by atoms with Crippen molar-refractivity contribution >= 4 is 16.8 Å². The number of likely N-dealkylation sites (tertiary alicyclic amines) is 1. The Morgan fingerprint density at radius 2 is 2.14 bits per heavy atom. The van der Waals surface area contributed by atoms with Gasteiger partial charge in [-0.05, 0) is 25.0 Å². The number of aryl methyl sites for hydroxylation is 1. The lowest BCUT2D eigenvalue weighted by Gasteiger charge is -2.26. The van der Waals surface area contributed by atoms with Gasteiger partial charge in [-0.1, -0.05) is 17.3 Å². The molecule has 2 aromatic heterocycles. The number of carbonyl (C=O) groups excluding carboxylic acids is 1. The van der Waals surface area contributed by atoms with Crippen LogP contribution in [0, 0.1) is 0 Å². The van der Waals surface area contributed by atoms with E-state index in [2.05, 4.69) is 10.3 Å². The summed E-state index contributed by atoms with van der Waals surface area (Å²) >= 11 is 0. The molecule has 1 amide bonds. The highest BCUT2D eigenvalue weighted by Crippen LogP contribution is 2.32. The van der Waals surface area contributed by atoms with Gasteiger partial charge >= 0.3 is 0 Å². The first kappa shape index (κ1) is 18.3. The van der Waals surface area contributed by atoms with E-state index in [9.17, 15) is 9.59 Å². The Balaban J connectivity index is 1.80. The molecule has 0 spiro atoms. The maximum absolute atomic E-state index is 13.1. The van der Waals surface area contributed by atoms with E-state index in [-0.39, 0.29) is 17.5 Å². The standard InChI is InChI=1S/C19H22N6O3/c1-23-12-15(21-22-23)19(27)24-9-5-8-16(24)17-20-14-7-4-3-6-13(14)18(26)25(17)10-11-28-2/h3-4,6-7,12,16H,5,8-11H2,1-2H3. The predicted octanol–water partition coefficient (Wildman–Crippen LogP) is 1.15. The van der Waals surface area contributed by atoms with E-state index >= 15 is 0 Å². The molecule has 3 aromatic rings. The Labute approximate surface area is 161 Å². The predicted molar refractivity (Wildman–Crippen MR) is 102 cm³/mol. The Morgan fingerprint density at radius 1 is 1.32 bits per heavy atom. The first-order valence-corrected chi connectivity index (χ1v) is 9.26. The van der Waals surface area contributed by atoms with Gasteiger partial charge < -0.3 is 9.64 Å². The lowest BCUT2D eigenvalue weighted by molar-refractivity contribution is 0.0719. The number of ether oxygens (including phenoxy) is 1. The van der Waals surface area contributed by atoms with Crippen molar-refractivity contribution in [3.05, 3.63) is 52.3 Å². The molecule has 0 N–H and O–H groups in total. The van der Waals surface area contributed by atoms with E-state index < -0.39 is 0 Å². The number of hydrogen-bond acceptors (Lipinski definition) is 6. The summed E-state index contributed by atoms with van der Waals surface area (Å²) < 4.78 is 8.33. The van der Waals surface area contributed by atoms with Gasteiger partial charge in [0, 0.05) is 20.7 Å². The number of carbonyl (C=O) groups is 1. The van der Waals surface area contributed by atoms with Crippen LogP contribution in [0.1, 0.15) is 35.2 Å². The topological polar surface area (TPSA) is 95.1 Å². The van der Waals surface area contributed by atoms with E-state index in [4.69, 9.17) is 9.72 Å². The van der Waals surface area contributed by atoms with Crippen LogP contribution in [0.3, 0.4) is 0 Å². The van der Waals surface area contributed by atoms with Crippen LogP contribution >= 0.6 is 0 Å². The molecule has 146 valence electrons. The summed E-state index contributed by atoms with van der Waals surface area (Å²) in [5, 5.41) is 8.35. The number of benzene rings is 1. The van der Waals surface area contributed by atoms with Gasteiger partial charge in [-0.25, -0.2) is 4.98 Å². The summed E-state index contributed by atoms with van der Waals surface area (Å²) in [6, 6.07) is 6.99. The van der Waals surface area contributed by atoms with Crippen LogP contribution in [0.2, 0.25) is 0 Å². The van der Waals surface area contributed by atoms with Crippen LogP contribution < -0.4 is 5.56 Å². The summed E-state index contributed by atoms with van der Waals surface area (Å²) in [7, 11) is 3.32. The number of rotatable bonds is 5. The van der Waals surface area contributed by atoms with Crippen LogP contribution in [0.5, 0.6) is 0 Å². The van der Waals surface area contributed by atoms with Gasteiger partial charge in [-0.2, -0.15) is 0 Å². The lowest BCUT2D eigenvalue weighted by Crippen LogP contribution is -2.36. The van der Waals surface area contributed by atoms with Crippen molar-refractivity contribution < 1.29 is 9.53 Å². The Morgan fingerprint density at radius 3 is 2.89 bits per heavy atom. The zero-order valence-electron chi connectivity index (χ0n) is 15.9. The number of aromatic nitrogens is 5. The monoisotopic (exact) mass is 382 g/mol. The van der Waals surface area contributed by atoms with Crippen molar-refractivity contribution in [3.63, 3.8) is 0 Å². The molecule has 1 aromatic carbocycles. The summed E-state index contributed by atoms with van der Waals surface area (Å²) in [6.45, 7) is 1.36. The second-order valence-corrected chi connectivity index (χ2v) is 6.87. The van der Waals surface area contributed by atoms with Crippen LogP contribution in [0.25, 0.3) is 10.9 Å². The van der Waals surface area contributed by atoms with Crippen molar-refractivity contribution in [2.75, 3.05) is 20.3 Å². The zero-order valence-corrected chi connectivity index (χ0v) is 15.9. The average Bonchev–Trinajstić information content (AvgIpc) is 3.36. The van der Waals surface area contributed by atoms with E-state index in [0.29, 0.717) is 42.1 Å². The Hall–Kier alpha value is -3.07. The van der Waals surface area contributed by atoms with Gasteiger partial charge in [0.25, 0.3) is 11.5 Å². The van der Waals surface area contributed by atoms with Crippen LogP contribution in [0.4, 0.5) is 0 Å². The second kappa shape index (κ2) is 7.51. The second-order valence-electron chi connectivity index (χ2n) is 6.87. The van der Waals surface area contributed by atoms with Crippen LogP contribution in [-0.2, 0) is 18.3 Å². The van der Waals surface area contributed by atoms with Gasteiger partial charge in [0.05, 0.1) is 36.3 Å². The van der Waals surface area contributed by atoms with Crippen LogP contribution in [0.15, 0.2) is 35.3 Å². The third-order valence-electron chi connectivity index (χ3n) is 5.04. The molecule has 0 bridgehead atoms. The fourth-order valence-electron chi connectivity index (χ4n) is 3.71. The number of nitrogens with zero attached hydrogens (tertiary/aromatic N) is 6. The molecule has 0 saturated carbocycles. The summed E-state index contributed by atoms with van der Waals surface area (Å²) in [6.07, 6.45) is 3.18. The number of amides is 1. The van der Waals surface area contributed by atoms with E-state index in [1.54, 1.807) is 35.9 Å².